The van der Waals surface area contributed by atoms with Gasteiger partial charge in [0.05, 0.1) is 13.0 Å². The predicted octanol–water partition coefficient (Wildman–Crippen LogP) is 5.36. The van der Waals surface area contributed by atoms with Crippen molar-refractivity contribution >= 4 is 28.3 Å². The van der Waals surface area contributed by atoms with Gasteiger partial charge in [0.1, 0.15) is 10.8 Å². The summed E-state index contributed by atoms with van der Waals surface area (Å²) < 4.78 is 5.26. The smallest absolute Gasteiger partial charge is 0.230 e. The van der Waals surface area contributed by atoms with E-state index < -0.39 is 0 Å². The normalized spacial score (nSPS) is 12.6. The number of hydrogen-bond acceptors (Lipinski definition) is 6. The summed E-state index contributed by atoms with van der Waals surface area (Å²) in [6.07, 6.45) is 1.72. The van der Waals surface area contributed by atoms with Crippen molar-refractivity contribution in [3.63, 3.8) is 0 Å². The number of nitrogens with zero attached hydrogens (tertiary/aromatic N) is 3. The van der Waals surface area contributed by atoms with Crippen molar-refractivity contribution in [1.82, 2.24) is 15.1 Å². The Morgan fingerprint density at radius 1 is 1.06 bits per heavy atom. The van der Waals surface area contributed by atoms with E-state index in [0.29, 0.717) is 23.1 Å². The minimum absolute atomic E-state index is 0.0410. The van der Waals surface area contributed by atoms with Crippen LogP contribution >= 0.6 is 11.3 Å². The predicted molar refractivity (Wildman–Crippen MR) is 136 cm³/mol. The number of carbonyl (C=O) groups is 2. The molecule has 0 unspecified atom stereocenters. The summed E-state index contributed by atoms with van der Waals surface area (Å²) in [5.74, 6) is 0.384. The molecule has 0 fully saturated rings. The largest absolute Gasteiger partial charge is 0.497 e. The Morgan fingerprint density at radius 2 is 1.82 bits per heavy atom. The Kier molecular flexibility index (Phi) is 9.16. The van der Waals surface area contributed by atoms with Crippen molar-refractivity contribution in [2.45, 2.75) is 52.0 Å². The van der Waals surface area contributed by atoms with Crippen molar-refractivity contribution in [3.05, 3.63) is 60.2 Å². The number of aromatic nitrogens is 2. The minimum Gasteiger partial charge on any atom is -0.497 e. The molecule has 0 aliphatic heterocycles. The van der Waals surface area contributed by atoms with Crippen LogP contribution in [0.3, 0.4) is 0 Å². The molecule has 3 rings (SSSR count). The maximum atomic E-state index is 13.4. The monoisotopic (exact) mass is 480 g/mol. The van der Waals surface area contributed by atoms with Gasteiger partial charge in [0.2, 0.25) is 16.9 Å². The fourth-order valence-electron chi connectivity index (χ4n) is 3.76. The zero-order chi connectivity index (χ0) is 24.5. The first-order chi connectivity index (χ1) is 16.5. The molecule has 0 saturated carbocycles. The second kappa shape index (κ2) is 12.3. The average molecular weight is 481 g/mol. The molecule has 1 N–H and O–H groups in total. The third-order valence-corrected chi connectivity index (χ3v) is 6.77. The Hall–Kier alpha value is -3.26. The molecule has 1 aromatic heterocycles. The third kappa shape index (κ3) is 6.41. The number of amides is 2. The van der Waals surface area contributed by atoms with Crippen LogP contribution < -0.4 is 10.1 Å². The van der Waals surface area contributed by atoms with Crippen LogP contribution in [0.4, 0.5) is 5.13 Å². The zero-order valence-corrected chi connectivity index (χ0v) is 21.0. The van der Waals surface area contributed by atoms with Gasteiger partial charge in [-0.2, -0.15) is 0 Å². The number of methoxy groups -OCH3 is 1. The molecular weight excluding hydrogens is 448 g/mol. The summed E-state index contributed by atoms with van der Waals surface area (Å²) in [6, 6.07) is 17.4. The molecule has 2 aromatic carbocycles. The van der Waals surface area contributed by atoms with E-state index in [0.717, 1.165) is 23.3 Å². The van der Waals surface area contributed by atoms with Crippen LogP contribution in [0.25, 0.3) is 10.6 Å². The summed E-state index contributed by atoms with van der Waals surface area (Å²) in [5, 5.41) is 12.2. The number of anilines is 1. The van der Waals surface area contributed by atoms with Crippen LogP contribution in [0, 0.1) is 0 Å². The van der Waals surface area contributed by atoms with Crippen molar-refractivity contribution in [2.75, 3.05) is 19.0 Å². The van der Waals surface area contributed by atoms with Crippen LogP contribution in [0.5, 0.6) is 5.75 Å². The van der Waals surface area contributed by atoms with Crippen LogP contribution in [0.1, 0.15) is 51.5 Å². The molecule has 1 heterocycles. The molecule has 2 atom stereocenters. The molecule has 0 spiro atoms. The summed E-state index contributed by atoms with van der Waals surface area (Å²) in [5.41, 5.74) is 1.88. The summed E-state index contributed by atoms with van der Waals surface area (Å²) in [7, 11) is 1.61. The molecule has 0 aliphatic rings. The number of carbonyl (C=O) groups excluding carboxylic acids is 2. The standard InChI is InChI=1S/C26H32N4O3S/c1-5-18(3)30(25(32)22(6-2)19-11-8-7-9-12-19)16-15-23(31)27-26-29-28-24(34-26)20-13-10-14-21(17-20)33-4/h7-14,17-18,22H,5-6,15-16H2,1-4H3,(H,27,29,31)/t18-,22-/m1/s1. The molecule has 0 bridgehead atoms. The number of hydrogen-bond donors (Lipinski definition) is 1. The van der Waals surface area contributed by atoms with E-state index in [4.69, 9.17) is 4.74 Å². The highest BCUT2D eigenvalue weighted by Gasteiger charge is 2.27. The molecule has 34 heavy (non-hydrogen) atoms. The molecule has 180 valence electrons. The first-order valence-corrected chi connectivity index (χ1v) is 12.4. The van der Waals surface area contributed by atoms with E-state index in [9.17, 15) is 9.59 Å². The Bertz CT molecular complexity index is 1090. The van der Waals surface area contributed by atoms with E-state index in [1.54, 1.807) is 7.11 Å². The van der Waals surface area contributed by atoms with E-state index in [1.165, 1.54) is 11.3 Å². The maximum absolute atomic E-state index is 13.4. The lowest BCUT2D eigenvalue weighted by atomic mass is 9.94. The van der Waals surface area contributed by atoms with Gasteiger partial charge < -0.3 is 15.0 Å². The van der Waals surface area contributed by atoms with E-state index in [2.05, 4.69) is 22.4 Å². The molecule has 7 nitrogen and oxygen atoms in total. The van der Waals surface area contributed by atoms with E-state index >= 15 is 0 Å². The molecule has 2 amide bonds. The lowest BCUT2D eigenvalue weighted by Gasteiger charge is -2.32. The van der Waals surface area contributed by atoms with Gasteiger partial charge in [0, 0.05) is 24.6 Å². The second-order valence-corrected chi connectivity index (χ2v) is 9.08. The van der Waals surface area contributed by atoms with Crippen LogP contribution in [-0.2, 0) is 9.59 Å². The fourth-order valence-corrected chi connectivity index (χ4v) is 4.51. The first kappa shape index (κ1) is 25.4. The zero-order valence-electron chi connectivity index (χ0n) is 20.2. The lowest BCUT2D eigenvalue weighted by Crippen LogP contribution is -2.42. The first-order valence-electron chi connectivity index (χ1n) is 11.6. The molecule has 8 heteroatoms. The minimum atomic E-state index is -0.216. The van der Waals surface area contributed by atoms with Crippen molar-refractivity contribution in [3.8, 4) is 16.3 Å². The highest BCUT2D eigenvalue weighted by Crippen LogP contribution is 2.29. The summed E-state index contributed by atoms with van der Waals surface area (Å²) >= 11 is 1.30. The second-order valence-electron chi connectivity index (χ2n) is 8.10. The lowest BCUT2D eigenvalue weighted by molar-refractivity contribution is -0.135. The molecule has 0 radical (unpaired) electrons. The molecular formula is C26H32N4O3S. The number of benzene rings is 2. The Balaban J connectivity index is 1.64. The third-order valence-electron chi connectivity index (χ3n) is 5.88. The highest BCUT2D eigenvalue weighted by atomic mass is 32.1. The summed E-state index contributed by atoms with van der Waals surface area (Å²) in [6.45, 7) is 6.45. The number of rotatable bonds is 11. The van der Waals surface area contributed by atoms with Gasteiger partial charge in [-0.15, -0.1) is 10.2 Å². The van der Waals surface area contributed by atoms with E-state index in [1.807, 2.05) is 73.3 Å². The number of nitrogens with one attached hydrogen (secondary N) is 1. The average Bonchev–Trinajstić information content (AvgIpc) is 3.33. The van der Waals surface area contributed by atoms with Crippen molar-refractivity contribution in [2.24, 2.45) is 0 Å². The van der Waals surface area contributed by atoms with Gasteiger partial charge in [-0.05, 0) is 37.5 Å². The molecule has 3 aromatic rings. The van der Waals surface area contributed by atoms with Gasteiger partial charge in [-0.3, -0.25) is 9.59 Å². The summed E-state index contributed by atoms with van der Waals surface area (Å²) in [4.78, 5) is 27.9. The van der Waals surface area contributed by atoms with Crippen LogP contribution in [0.2, 0.25) is 0 Å². The maximum Gasteiger partial charge on any atom is 0.230 e. The van der Waals surface area contributed by atoms with Crippen molar-refractivity contribution in [1.29, 1.82) is 0 Å². The topological polar surface area (TPSA) is 84.4 Å². The van der Waals surface area contributed by atoms with Gasteiger partial charge in [0.25, 0.3) is 0 Å². The SMILES string of the molecule is CC[C@@H](C)N(CCC(=O)Nc1nnc(-c2cccc(OC)c2)s1)C(=O)[C@H](CC)c1ccccc1. The Morgan fingerprint density at radius 3 is 2.50 bits per heavy atom. The van der Waals surface area contributed by atoms with Crippen molar-refractivity contribution < 1.29 is 14.3 Å². The van der Waals surface area contributed by atoms with Crippen LogP contribution in [-0.4, -0.2) is 46.6 Å². The Labute approximate surface area is 205 Å². The van der Waals surface area contributed by atoms with Gasteiger partial charge in [-0.1, -0.05) is 67.6 Å². The quantitative estimate of drug-likeness (QED) is 0.399. The van der Waals surface area contributed by atoms with E-state index in [-0.39, 0.29) is 30.2 Å². The van der Waals surface area contributed by atoms with Gasteiger partial charge in [0.15, 0.2) is 0 Å². The highest BCUT2D eigenvalue weighted by molar-refractivity contribution is 7.18. The molecule has 0 aliphatic carbocycles. The van der Waals surface area contributed by atoms with Gasteiger partial charge >= 0.3 is 0 Å². The van der Waals surface area contributed by atoms with Gasteiger partial charge in [-0.25, -0.2) is 0 Å². The van der Waals surface area contributed by atoms with Crippen LogP contribution in [0.15, 0.2) is 54.6 Å². The fraction of sp³-hybridized carbons (Fsp3) is 0.385. The molecule has 0 saturated heterocycles. The number of ether oxygens (including phenoxy) is 1.